The summed E-state index contributed by atoms with van der Waals surface area (Å²) in [6.45, 7) is 7.16. The fourth-order valence-electron chi connectivity index (χ4n) is 2.64. The summed E-state index contributed by atoms with van der Waals surface area (Å²) in [6.07, 6.45) is 2.76. The van der Waals surface area contributed by atoms with Crippen molar-refractivity contribution in [2.75, 3.05) is 40.8 Å². The number of likely N-dealkylation sites (tertiary alicyclic amines) is 1. The lowest BCUT2D eigenvalue weighted by atomic mass is 10.0. The van der Waals surface area contributed by atoms with Crippen molar-refractivity contribution in [3.8, 4) is 0 Å². The first-order valence-electron chi connectivity index (χ1n) is 7.98. The van der Waals surface area contributed by atoms with Crippen molar-refractivity contribution >= 4 is 12.0 Å². The molecule has 1 aliphatic rings. The number of likely N-dealkylation sites (N-methyl/N-ethyl adjacent to an activating group) is 2. The molecular weight excluding hydrogens is 282 g/mol. The van der Waals surface area contributed by atoms with E-state index in [4.69, 9.17) is 4.74 Å². The van der Waals surface area contributed by atoms with E-state index in [0.717, 1.165) is 32.4 Å². The highest BCUT2D eigenvalue weighted by Crippen LogP contribution is 2.18. The quantitative estimate of drug-likeness (QED) is 0.794. The number of rotatable bonds is 4. The second-order valence-electron chi connectivity index (χ2n) is 7.34. The van der Waals surface area contributed by atoms with Crippen LogP contribution >= 0.6 is 0 Å². The van der Waals surface area contributed by atoms with E-state index in [1.807, 2.05) is 39.8 Å². The van der Waals surface area contributed by atoms with E-state index in [1.54, 1.807) is 7.05 Å². The highest BCUT2D eigenvalue weighted by atomic mass is 16.6. The van der Waals surface area contributed by atoms with Crippen molar-refractivity contribution in [3.63, 3.8) is 0 Å². The first kappa shape index (κ1) is 18.7. The SMILES string of the molecule is CN(C)CC1CCCCN1C(=O)CN(C)C(=O)OC(C)(C)C. The molecule has 6 heteroatoms. The molecule has 22 heavy (non-hydrogen) atoms. The Morgan fingerprint density at radius 3 is 2.36 bits per heavy atom. The van der Waals surface area contributed by atoms with Gasteiger partial charge in [-0.15, -0.1) is 0 Å². The Labute approximate surface area is 134 Å². The fraction of sp³-hybridized carbons (Fsp3) is 0.875. The maximum atomic E-state index is 12.5. The van der Waals surface area contributed by atoms with Crippen molar-refractivity contribution in [1.29, 1.82) is 0 Å². The topological polar surface area (TPSA) is 53.1 Å². The van der Waals surface area contributed by atoms with Crippen molar-refractivity contribution < 1.29 is 14.3 Å². The van der Waals surface area contributed by atoms with Crippen LogP contribution in [0.2, 0.25) is 0 Å². The van der Waals surface area contributed by atoms with Gasteiger partial charge in [0.15, 0.2) is 0 Å². The second kappa shape index (κ2) is 7.81. The third-order valence-electron chi connectivity index (χ3n) is 3.60. The minimum Gasteiger partial charge on any atom is -0.444 e. The van der Waals surface area contributed by atoms with Crippen molar-refractivity contribution in [2.24, 2.45) is 0 Å². The molecule has 0 aromatic heterocycles. The lowest BCUT2D eigenvalue weighted by Crippen LogP contribution is -2.51. The van der Waals surface area contributed by atoms with Crippen LogP contribution in [0, 0.1) is 0 Å². The summed E-state index contributed by atoms with van der Waals surface area (Å²) < 4.78 is 5.29. The van der Waals surface area contributed by atoms with Gasteiger partial charge < -0.3 is 19.4 Å². The largest absolute Gasteiger partial charge is 0.444 e. The predicted molar refractivity (Wildman–Crippen MR) is 86.8 cm³/mol. The van der Waals surface area contributed by atoms with Crippen LogP contribution in [0.4, 0.5) is 4.79 Å². The van der Waals surface area contributed by atoms with Gasteiger partial charge in [0.05, 0.1) is 0 Å². The smallest absolute Gasteiger partial charge is 0.410 e. The van der Waals surface area contributed by atoms with E-state index in [1.165, 1.54) is 4.90 Å². The second-order valence-corrected chi connectivity index (χ2v) is 7.34. The van der Waals surface area contributed by atoms with Crippen LogP contribution in [0.5, 0.6) is 0 Å². The summed E-state index contributed by atoms with van der Waals surface area (Å²) in [5, 5.41) is 0. The molecule has 0 radical (unpaired) electrons. The summed E-state index contributed by atoms with van der Waals surface area (Å²) in [5.41, 5.74) is -0.549. The number of amides is 2. The highest BCUT2D eigenvalue weighted by molar-refractivity contribution is 5.82. The number of ether oxygens (including phenoxy) is 1. The summed E-state index contributed by atoms with van der Waals surface area (Å²) in [7, 11) is 5.64. The first-order valence-corrected chi connectivity index (χ1v) is 7.98. The average molecular weight is 313 g/mol. The number of piperidine rings is 1. The Kier molecular flexibility index (Phi) is 6.66. The van der Waals surface area contributed by atoms with Crippen LogP contribution in [-0.4, -0.2) is 79.1 Å². The number of hydrogen-bond donors (Lipinski definition) is 0. The molecule has 0 aromatic rings. The van der Waals surface area contributed by atoms with E-state index < -0.39 is 11.7 Å². The van der Waals surface area contributed by atoms with Gasteiger partial charge in [0.1, 0.15) is 12.1 Å². The molecule has 1 saturated heterocycles. The molecule has 0 bridgehead atoms. The lowest BCUT2D eigenvalue weighted by molar-refractivity contribution is -0.136. The predicted octanol–water partition coefficient (Wildman–Crippen LogP) is 1.80. The molecule has 2 amide bonds. The lowest BCUT2D eigenvalue weighted by Gasteiger charge is -2.38. The molecule has 6 nitrogen and oxygen atoms in total. The number of nitrogens with zero attached hydrogens (tertiary/aromatic N) is 3. The number of hydrogen-bond acceptors (Lipinski definition) is 4. The maximum Gasteiger partial charge on any atom is 0.410 e. The van der Waals surface area contributed by atoms with E-state index in [0.29, 0.717) is 0 Å². The van der Waals surface area contributed by atoms with Crippen molar-refractivity contribution in [2.45, 2.75) is 51.7 Å². The molecule has 1 atom stereocenters. The van der Waals surface area contributed by atoms with Gasteiger partial charge in [-0.2, -0.15) is 0 Å². The van der Waals surface area contributed by atoms with Gasteiger partial charge in [0.2, 0.25) is 5.91 Å². The van der Waals surface area contributed by atoms with Crippen molar-refractivity contribution in [3.05, 3.63) is 0 Å². The number of carbonyl (C=O) groups is 2. The van der Waals surface area contributed by atoms with Gasteiger partial charge in [-0.25, -0.2) is 4.79 Å². The third-order valence-corrected chi connectivity index (χ3v) is 3.60. The molecule has 1 heterocycles. The maximum absolute atomic E-state index is 12.5. The molecular formula is C16H31N3O3. The Bertz CT molecular complexity index is 391. The zero-order valence-electron chi connectivity index (χ0n) is 14.9. The average Bonchev–Trinajstić information content (AvgIpc) is 2.36. The molecule has 0 aliphatic carbocycles. The van der Waals surface area contributed by atoms with Crippen molar-refractivity contribution in [1.82, 2.24) is 14.7 Å². The normalized spacial score (nSPS) is 19.2. The van der Waals surface area contributed by atoms with Crippen LogP contribution in [0.25, 0.3) is 0 Å². The van der Waals surface area contributed by atoms with E-state index in [2.05, 4.69) is 4.90 Å². The van der Waals surface area contributed by atoms with Crippen LogP contribution in [0.1, 0.15) is 40.0 Å². The molecule has 1 fully saturated rings. The van der Waals surface area contributed by atoms with E-state index in [9.17, 15) is 9.59 Å². The molecule has 1 aliphatic heterocycles. The molecule has 1 rings (SSSR count). The third kappa shape index (κ3) is 6.22. The molecule has 128 valence electrons. The van der Waals surface area contributed by atoms with Gasteiger partial charge in [-0.3, -0.25) is 4.79 Å². The van der Waals surface area contributed by atoms with Crippen LogP contribution in [-0.2, 0) is 9.53 Å². The summed E-state index contributed by atoms with van der Waals surface area (Å²) in [6, 6.07) is 0.239. The fourth-order valence-corrected chi connectivity index (χ4v) is 2.64. The first-order chi connectivity index (χ1) is 10.1. The van der Waals surface area contributed by atoms with Crippen LogP contribution < -0.4 is 0 Å². The van der Waals surface area contributed by atoms with Gasteiger partial charge in [-0.1, -0.05) is 0 Å². The van der Waals surface area contributed by atoms with Gasteiger partial charge in [0, 0.05) is 26.2 Å². The Balaban J connectivity index is 2.59. The summed E-state index contributed by atoms with van der Waals surface area (Å²) in [5.74, 6) is -0.0000841. The Morgan fingerprint density at radius 2 is 1.82 bits per heavy atom. The van der Waals surface area contributed by atoms with E-state index in [-0.39, 0.29) is 18.5 Å². The zero-order valence-corrected chi connectivity index (χ0v) is 14.9. The highest BCUT2D eigenvalue weighted by Gasteiger charge is 2.29. The summed E-state index contributed by atoms with van der Waals surface area (Å²) in [4.78, 5) is 29.9. The van der Waals surface area contributed by atoms with Gasteiger partial charge in [-0.05, 0) is 54.1 Å². The standard InChI is InChI=1S/C16H31N3O3/c1-16(2,3)22-15(21)18(6)12-14(20)19-10-8-7-9-13(19)11-17(4)5/h13H,7-12H2,1-6H3. The zero-order chi connectivity index (χ0) is 16.9. The Hall–Kier alpha value is -1.30. The Morgan fingerprint density at radius 1 is 1.18 bits per heavy atom. The molecule has 0 N–H and O–H groups in total. The molecule has 0 saturated carbocycles. The molecule has 1 unspecified atom stereocenters. The molecule has 0 spiro atoms. The van der Waals surface area contributed by atoms with Gasteiger partial charge in [0.25, 0.3) is 0 Å². The van der Waals surface area contributed by atoms with Crippen LogP contribution in [0.3, 0.4) is 0 Å². The minimum atomic E-state index is -0.549. The van der Waals surface area contributed by atoms with Crippen LogP contribution in [0.15, 0.2) is 0 Å². The minimum absolute atomic E-state index is 0.0000841. The summed E-state index contributed by atoms with van der Waals surface area (Å²) >= 11 is 0. The van der Waals surface area contributed by atoms with E-state index >= 15 is 0 Å². The van der Waals surface area contributed by atoms with Gasteiger partial charge >= 0.3 is 6.09 Å². The number of carbonyl (C=O) groups excluding carboxylic acids is 2. The monoisotopic (exact) mass is 313 g/mol. The molecule has 0 aromatic carbocycles.